The fraction of sp³-hybridized carbons (Fsp3) is 0.312. The van der Waals surface area contributed by atoms with E-state index in [4.69, 9.17) is 5.26 Å². The SMILES string of the molecule is Cc1cc(SC#N)ccc1NC(=O)[C@@H]1CC=CC[C@@H]1C(=O)O. The zero-order chi connectivity index (χ0) is 16.1. The van der Waals surface area contributed by atoms with Gasteiger partial charge in [0.05, 0.1) is 11.8 Å². The second kappa shape index (κ2) is 7.14. The largest absolute Gasteiger partial charge is 0.481 e. The van der Waals surface area contributed by atoms with Gasteiger partial charge >= 0.3 is 5.97 Å². The molecule has 0 saturated carbocycles. The van der Waals surface area contributed by atoms with Crippen molar-refractivity contribution >= 4 is 29.3 Å². The van der Waals surface area contributed by atoms with Gasteiger partial charge in [-0.3, -0.25) is 9.59 Å². The molecule has 2 rings (SSSR count). The van der Waals surface area contributed by atoms with E-state index in [0.717, 1.165) is 22.2 Å². The van der Waals surface area contributed by atoms with E-state index in [1.807, 2.05) is 30.5 Å². The summed E-state index contributed by atoms with van der Waals surface area (Å²) in [6.45, 7) is 1.84. The molecule has 2 atom stereocenters. The van der Waals surface area contributed by atoms with Crippen LogP contribution in [0.4, 0.5) is 5.69 Å². The molecule has 1 aliphatic carbocycles. The van der Waals surface area contributed by atoms with E-state index in [0.29, 0.717) is 18.5 Å². The summed E-state index contributed by atoms with van der Waals surface area (Å²) < 4.78 is 0. The Balaban J connectivity index is 2.13. The van der Waals surface area contributed by atoms with Gasteiger partial charge in [-0.1, -0.05) is 12.2 Å². The van der Waals surface area contributed by atoms with Crippen molar-refractivity contribution in [2.75, 3.05) is 5.32 Å². The summed E-state index contributed by atoms with van der Waals surface area (Å²) in [7, 11) is 0. The number of aliphatic carboxylic acids is 1. The third-order valence-corrected chi connectivity index (χ3v) is 4.29. The minimum Gasteiger partial charge on any atom is -0.481 e. The predicted octanol–water partition coefficient (Wildman–Crippen LogP) is 3.17. The van der Waals surface area contributed by atoms with Crippen molar-refractivity contribution in [3.8, 4) is 5.40 Å². The maximum atomic E-state index is 12.4. The molecule has 0 saturated heterocycles. The minimum absolute atomic E-state index is 0.277. The maximum Gasteiger partial charge on any atom is 0.307 e. The molecule has 0 spiro atoms. The van der Waals surface area contributed by atoms with Gasteiger partial charge in [0.1, 0.15) is 5.40 Å². The molecule has 0 radical (unpaired) electrons. The van der Waals surface area contributed by atoms with Crippen molar-refractivity contribution in [1.82, 2.24) is 0 Å². The van der Waals surface area contributed by atoms with Crippen LogP contribution in [0.2, 0.25) is 0 Å². The Morgan fingerprint density at radius 2 is 2.00 bits per heavy atom. The zero-order valence-electron chi connectivity index (χ0n) is 12.1. The highest BCUT2D eigenvalue weighted by molar-refractivity contribution is 8.03. The van der Waals surface area contributed by atoms with E-state index in [-0.39, 0.29) is 5.91 Å². The van der Waals surface area contributed by atoms with Gasteiger partial charge in [0.25, 0.3) is 0 Å². The number of nitrogens with zero attached hydrogens (tertiary/aromatic N) is 1. The molecule has 0 aromatic heterocycles. The number of carbonyl (C=O) groups is 2. The Bertz CT molecular complexity index is 664. The molecule has 0 unspecified atom stereocenters. The molecular formula is C16H16N2O3S. The average Bonchev–Trinajstić information content (AvgIpc) is 2.50. The van der Waals surface area contributed by atoms with Crippen LogP contribution < -0.4 is 5.32 Å². The minimum atomic E-state index is -0.943. The lowest BCUT2D eigenvalue weighted by atomic mass is 9.82. The number of anilines is 1. The summed E-state index contributed by atoms with van der Waals surface area (Å²) >= 11 is 1.06. The number of aryl methyl sites for hydroxylation is 1. The number of nitrogens with one attached hydrogen (secondary N) is 1. The number of benzene rings is 1. The van der Waals surface area contributed by atoms with Gasteiger partial charge in [-0.15, -0.1) is 0 Å². The summed E-state index contributed by atoms with van der Waals surface area (Å²) in [4.78, 5) is 24.4. The average molecular weight is 316 g/mol. The van der Waals surface area contributed by atoms with Crippen molar-refractivity contribution in [2.45, 2.75) is 24.7 Å². The molecule has 6 heteroatoms. The van der Waals surface area contributed by atoms with Crippen LogP contribution in [0.15, 0.2) is 35.2 Å². The van der Waals surface area contributed by atoms with Gasteiger partial charge in [0.2, 0.25) is 5.91 Å². The van der Waals surface area contributed by atoms with E-state index < -0.39 is 17.8 Å². The van der Waals surface area contributed by atoms with Crippen LogP contribution in [-0.4, -0.2) is 17.0 Å². The number of nitriles is 1. The highest BCUT2D eigenvalue weighted by Gasteiger charge is 2.34. The molecule has 114 valence electrons. The number of amides is 1. The molecule has 1 aliphatic rings. The topological polar surface area (TPSA) is 90.2 Å². The molecule has 0 aliphatic heterocycles. The number of carboxylic acids is 1. The van der Waals surface area contributed by atoms with E-state index >= 15 is 0 Å². The summed E-state index contributed by atoms with van der Waals surface area (Å²) in [5.74, 6) is -2.46. The van der Waals surface area contributed by atoms with E-state index in [9.17, 15) is 14.7 Å². The smallest absolute Gasteiger partial charge is 0.307 e. The summed E-state index contributed by atoms with van der Waals surface area (Å²) in [6, 6.07) is 5.31. The lowest BCUT2D eigenvalue weighted by Gasteiger charge is -2.24. The number of thioether (sulfide) groups is 1. The third-order valence-electron chi connectivity index (χ3n) is 3.71. The molecule has 0 fully saturated rings. The van der Waals surface area contributed by atoms with Gasteiger partial charge < -0.3 is 10.4 Å². The monoisotopic (exact) mass is 316 g/mol. The lowest BCUT2D eigenvalue weighted by molar-refractivity contribution is -0.146. The molecule has 1 aromatic rings. The molecular weight excluding hydrogens is 300 g/mol. The first-order valence-electron chi connectivity index (χ1n) is 6.88. The number of hydrogen-bond acceptors (Lipinski definition) is 4. The predicted molar refractivity (Wildman–Crippen MR) is 84.3 cm³/mol. The summed E-state index contributed by atoms with van der Waals surface area (Å²) in [5.41, 5.74) is 1.48. The van der Waals surface area contributed by atoms with Crippen molar-refractivity contribution in [3.05, 3.63) is 35.9 Å². The van der Waals surface area contributed by atoms with Crippen LogP contribution >= 0.6 is 11.8 Å². The number of carboxylic acid groups (broad SMARTS) is 1. The van der Waals surface area contributed by atoms with Gasteiger partial charge in [-0.05, 0) is 55.3 Å². The van der Waals surface area contributed by atoms with Crippen molar-refractivity contribution in [3.63, 3.8) is 0 Å². The van der Waals surface area contributed by atoms with Gasteiger partial charge in [0, 0.05) is 10.6 Å². The number of thiocyanates is 1. The Labute approximate surface area is 133 Å². The quantitative estimate of drug-likeness (QED) is 0.506. The van der Waals surface area contributed by atoms with Crippen LogP contribution in [0.3, 0.4) is 0 Å². The standard InChI is InChI=1S/C16H16N2O3S/c1-10-8-11(22-9-17)6-7-14(10)18-15(19)12-4-2-3-5-13(12)16(20)21/h2-3,6-8,12-13H,4-5H2,1H3,(H,18,19)(H,20,21)/t12-,13+/m1/s1. The normalized spacial score (nSPS) is 20.2. The Hall–Kier alpha value is -2.26. The summed E-state index contributed by atoms with van der Waals surface area (Å²) in [6.07, 6.45) is 4.47. The lowest BCUT2D eigenvalue weighted by Crippen LogP contribution is -2.34. The summed E-state index contributed by atoms with van der Waals surface area (Å²) in [5, 5.41) is 22.7. The van der Waals surface area contributed by atoms with Crippen molar-refractivity contribution in [1.29, 1.82) is 5.26 Å². The van der Waals surface area contributed by atoms with Crippen molar-refractivity contribution in [2.24, 2.45) is 11.8 Å². The third kappa shape index (κ3) is 3.68. The number of hydrogen-bond donors (Lipinski definition) is 2. The van der Waals surface area contributed by atoms with Gasteiger partial charge in [0.15, 0.2) is 0 Å². The molecule has 0 bridgehead atoms. The van der Waals surface area contributed by atoms with Gasteiger partial charge in [-0.2, -0.15) is 5.26 Å². The molecule has 1 aromatic carbocycles. The fourth-order valence-corrected chi connectivity index (χ4v) is 2.97. The highest BCUT2D eigenvalue weighted by atomic mass is 32.2. The number of carbonyl (C=O) groups excluding carboxylic acids is 1. The fourth-order valence-electron chi connectivity index (χ4n) is 2.49. The van der Waals surface area contributed by atoms with E-state index in [1.165, 1.54) is 0 Å². The second-order valence-corrected chi connectivity index (χ2v) is 6.01. The molecule has 22 heavy (non-hydrogen) atoms. The first-order valence-corrected chi connectivity index (χ1v) is 7.70. The van der Waals surface area contributed by atoms with Crippen LogP contribution in [0, 0.1) is 29.4 Å². The van der Waals surface area contributed by atoms with Crippen LogP contribution in [0.25, 0.3) is 0 Å². The number of rotatable bonds is 4. The molecule has 5 nitrogen and oxygen atoms in total. The van der Waals surface area contributed by atoms with Gasteiger partial charge in [-0.25, -0.2) is 0 Å². The van der Waals surface area contributed by atoms with Crippen LogP contribution in [0.5, 0.6) is 0 Å². The Kier molecular flexibility index (Phi) is 5.23. The first kappa shape index (κ1) is 16.1. The number of allylic oxidation sites excluding steroid dienone is 2. The second-order valence-electron chi connectivity index (χ2n) is 5.15. The Morgan fingerprint density at radius 3 is 2.59 bits per heavy atom. The Morgan fingerprint density at radius 1 is 1.32 bits per heavy atom. The van der Waals surface area contributed by atoms with Crippen LogP contribution in [-0.2, 0) is 9.59 Å². The maximum absolute atomic E-state index is 12.4. The highest BCUT2D eigenvalue weighted by Crippen LogP contribution is 2.29. The van der Waals surface area contributed by atoms with E-state index in [1.54, 1.807) is 12.1 Å². The molecule has 2 N–H and O–H groups in total. The van der Waals surface area contributed by atoms with E-state index in [2.05, 4.69) is 5.32 Å². The molecule has 0 heterocycles. The zero-order valence-corrected chi connectivity index (χ0v) is 12.9. The van der Waals surface area contributed by atoms with Crippen molar-refractivity contribution < 1.29 is 14.7 Å². The molecule has 1 amide bonds. The van der Waals surface area contributed by atoms with Crippen LogP contribution in [0.1, 0.15) is 18.4 Å². The first-order chi connectivity index (χ1) is 10.5.